The molecule has 15 heavy (non-hydrogen) atoms. The molecule has 1 aromatic rings. The smallest absolute Gasteiger partial charge is 0.124 e. The predicted octanol–water partition coefficient (Wildman–Crippen LogP) is 2.54. The van der Waals surface area contributed by atoms with E-state index in [0.29, 0.717) is 5.75 Å². The van der Waals surface area contributed by atoms with Gasteiger partial charge in [0.2, 0.25) is 0 Å². The molecule has 1 rings (SSSR count). The number of ether oxygens (including phenoxy) is 2. The highest BCUT2D eigenvalue weighted by atomic mass is 16.5. The number of rotatable bonds is 5. The molecule has 0 saturated heterocycles. The Balaban J connectivity index is 3.00. The van der Waals surface area contributed by atoms with Crippen molar-refractivity contribution < 1.29 is 14.6 Å². The minimum atomic E-state index is -0.486. The van der Waals surface area contributed by atoms with E-state index in [1.807, 2.05) is 25.1 Å². The third-order valence-electron chi connectivity index (χ3n) is 2.36. The first-order chi connectivity index (χ1) is 7.22. The maximum Gasteiger partial charge on any atom is 0.124 e. The molecule has 0 radical (unpaired) electrons. The van der Waals surface area contributed by atoms with E-state index in [1.54, 1.807) is 14.2 Å². The third-order valence-corrected chi connectivity index (χ3v) is 2.36. The molecule has 3 nitrogen and oxygen atoms in total. The summed E-state index contributed by atoms with van der Waals surface area (Å²) in [6.07, 6.45) is 1.17. The van der Waals surface area contributed by atoms with Gasteiger partial charge in [-0.25, -0.2) is 0 Å². The van der Waals surface area contributed by atoms with Crippen LogP contribution in [-0.4, -0.2) is 19.3 Å². The second kappa shape index (κ2) is 5.61. The largest absolute Gasteiger partial charge is 0.497 e. The Labute approximate surface area is 90.6 Å². The zero-order chi connectivity index (χ0) is 11.3. The van der Waals surface area contributed by atoms with Crippen molar-refractivity contribution in [1.82, 2.24) is 0 Å². The summed E-state index contributed by atoms with van der Waals surface area (Å²) >= 11 is 0. The van der Waals surface area contributed by atoms with Crippen LogP contribution in [0.15, 0.2) is 18.2 Å². The summed E-state index contributed by atoms with van der Waals surface area (Å²) in [6.45, 7) is 2.04. The third kappa shape index (κ3) is 2.86. The summed E-state index contributed by atoms with van der Waals surface area (Å²) in [7, 11) is 3.21. The van der Waals surface area contributed by atoms with E-state index in [0.717, 1.165) is 24.2 Å². The van der Waals surface area contributed by atoms with Gasteiger partial charge in [-0.3, -0.25) is 0 Å². The van der Waals surface area contributed by atoms with Crippen LogP contribution >= 0.6 is 0 Å². The molecule has 1 N–H and O–H groups in total. The highest BCUT2D eigenvalue weighted by molar-refractivity contribution is 5.41. The summed E-state index contributed by atoms with van der Waals surface area (Å²) in [5.74, 6) is 1.44. The van der Waals surface area contributed by atoms with Crippen LogP contribution < -0.4 is 9.47 Å². The molecule has 0 saturated carbocycles. The first-order valence-corrected chi connectivity index (χ1v) is 5.13. The van der Waals surface area contributed by atoms with Gasteiger partial charge >= 0.3 is 0 Å². The molecule has 0 aliphatic heterocycles. The van der Waals surface area contributed by atoms with Gasteiger partial charge in [0, 0.05) is 5.56 Å². The van der Waals surface area contributed by atoms with Crippen molar-refractivity contribution in [2.24, 2.45) is 0 Å². The van der Waals surface area contributed by atoms with Gasteiger partial charge in [0.25, 0.3) is 0 Å². The van der Waals surface area contributed by atoms with Crippen molar-refractivity contribution in [2.75, 3.05) is 14.2 Å². The Hall–Kier alpha value is -1.22. The van der Waals surface area contributed by atoms with Gasteiger partial charge in [-0.2, -0.15) is 0 Å². The molecule has 0 aliphatic rings. The van der Waals surface area contributed by atoms with E-state index in [2.05, 4.69) is 0 Å². The summed E-state index contributed by atoms with van der Waals surface area (Å²) in [4.78, 5) is 0. The second-order valence-corrected chi connectivity index (χ2v) is 3.41. The number of benzene rings is 1. The molecule has 0 bridgehead atoms. The van der Waals surface area contributed by atoms with Crippen molar-refractivity contribution in [3.8, 4) is 11.5 Å². The molecular formula is C12H18O3. The van der Waals surface area contributed by atoms with Crippen LogP contribution in [0, 0.1) is 0 Å². The van der Waals surface area contributed by atoms with E-state index in [9.17, 15) is 5.11 Å². The van der Waals surface area contributed by atoms with Crippen molar-refractivity contribution in [3.05, 3.63) is 23.8 Å². The van der Waals surface area contributed by atoms with Crippen LogP contribution in [0.1, 0.15) is 31.4 Å². The standard InChI is InChI=1S/C12H18O3/c1-4-5-11(13)10-8-9(14-2)6-7-12(10)15-3/h6-8,11,13H,4-5H2,1-3H3/t11-/m1/s1. The van der Waals surface area contributed by atoms with Gasteiger partial charge in [0.15, 0.2) is 0 Å². The lowest BCUT2D eigenvalue weighted by molar-refractivity contribution is 0.162. The predicted molar refractivity (Wildman–Crippen MR) is 59.4 cm³/mol. The summed E-state index contributed by atoms with van der Waals surface area (Å²) in [5.41, 5.74) is 0.790. The molecule has 3 heteroatoms. The van der Waals surface area contributed by atoms with Crippen LogP contribution in [-0.2, 0) is 0 Å². The molecule has 0 aliphatic carbocycles. The fourth-order valence-corrected chi connectivity index (χ4v) is 1.53. The van der Waals surface area contributed by atoms with Crippen molar-refractivity contribution in [3.63, 3.8) is 0 Å². The minimum absolute atomic E-state index is 0.486. The van der Waals surface area contributed by atoms with Crippen molar-refractivity contribution >= 4 is 0 Å². The van der Waals surface area contributed by atoms with Gasteiger partial charge in [-0.1, -0.05) is 13.3 Å². The van der Waals surface area contributed by atoms with E-state index in [4.69, 9.17) is 9.47 Å². The first kappa shape index (κ1) is 11.9. The van der Waals surface area contributed by atoms with Gasteiger partial charge in [-0.15, -0.1) is 0 Å². The van der Waals surface area contributed by atoms with Crippen molar-refractivity contribution in [1.29, 1.82) is 0 Å². The molecule has 1 atom stereocenters. The van der Waals surface area contributed by atoms with Crippen molar-refractivity contribution in [2.45, 2.75) is 25.9 Å². The number of aliphatic hydroxyl groups is 1. The fourth-order valence-electron chi connectivity index (χ4n) is 1.53. The number of aliphatic hydroxyl groups excluding tert-OH is 1. The van der Waals surface area contributed by atoms with E-state index in [-0.39, 0.29) is 0 Å². The summed E-state index contributed by atoms with van der Waals surface area (Å²) in [6, 6.07) is 5.45. The van der Waals surface area contributed by atoms with E-state index >= 15 is 0 Å². The Morgan fingerprint density at radius 1 is 1.27 bits per heavy atom. The molecule has 84 valence electrons. The van der Waals surface area contributed by atoms with Crippen LogP contribution in [0.2, 0.25) is 0 Å². The molecule has 0 fully saturated rings. The molecule has 1 aromatic carbocycles. The highest BCUT2D eigenvalue weighted by Gasteiger charge is 2.13. The molecule has 0 amide bonds. The Morgan fingerprint density at radius 2 is 2.00 bits per heavy atom. The average Bonchev–Trinajstić information content (AvgIpc) is 2.28. The number of methoxy groups -OCH3 is 2. The zero-order valence-corrected chi connectivity index (χ0v) is 9.49. The Bertz CT molecular complexity index is 310. The normalized spacial score (nSPS) is 12.3. The quantitative estimate of drug-likeness (QED) is 0.811. The Kier molecular flexibility index (Phi) is 4.43. The molecule has 0 aromatic heterocycles. The maximum absolute atomic E-state index is 9.92. The van der Waals surface area contributed by atoms with Gasteiger partial charge in [0.05, 0.1) is 20.3 Å². The van der Waals surface area contributed by atoms with Crippen LogP contribution in [0.5, 0.6) is 11.5 Å². The first-order valence-electron chi connectivity index (χ1n) is 5.13. The average molecular weight is 210 g/mol. The SMILES string of the molecule is CCC[C@@H](O)c1cc(OC)ccc1OC. The van der Waals surface area contributed by atoms with Gasteiger partial charge in [0.1, 0.15) is 11.5 Å². The molecular weight excluding hydrogens is 192 g/mol. The minimum Gasteiger partial charge on any atom is -0.497 e. The molecule has 0 heterocycles. The van der Waals surface area contributed by atoms with Crippen LogP contribution in [0.25, 0.3) is 0 Å². The summed E-state index contributed by atoms with van der Waals surface area (Å²) < 4.78 is 10.3. The van der Waals surface area contributed by atoms with E-state index < -0.39 is 6.10 Å². The number of hydrogen-bond donors (Lipinski definition) is 1. The molecule has 0 spiro atoms. The van der Waals surface area contributed by atoms with Gasteiger partial charge in [-0.05, 0) is 24.6 Å². The van der Waals surface area contributed by atoms with Crippen LogP contribution in [0.4, 0.5) is 0 Å². The lowest BCUT2D eigenvalue weighted by Crippen LogP contribution is -2.00. The summed E-state index contributed by atoms with van der Waals surface area (Å²) in [5, 5.41) is 9.92. The topological polar surface area (TPSA) is 38.7 Å². The highest BCUT2D eigenvalue weighted by Crippen LogP contribution is 2.31. The second-order valence-electron chi connectivity index (χ2n) is 3.41. The van der Waals surface area contributed by atoms with Crippen LogP contribution in [0.3, 0.4) is 0 Å². The lowest BCUT2D eigenvalue weighted by Gasteiger charge is -2.15. The Morgan fingerprint density at radius 3 is 2.53 bits per heavy atom. The van der Waals surface area contributed by atoms with Gasteiger partial charge < -0.3 is 14.6 Å². The molecule has 0 unspecified atom stereocenters. The van der Waals surface area contributed by atoms with E-state index in [1.165, 1.54) is 0 Å². The monoisotopic (exact) mass is 210 g/mol. The fraction of sp³-hybridized carbons (Fsp3) is 0.500. The zero-order valence-electron chi connectivity index (χ0n) is 9.49. The maximum atomic E-state index is 9.92. The lowest BCUT2D eigenvalue weighted by atomic mass is 10.0. The number of hydrogen-bond acceptors (Lipinski definition) is 3.